The Morgan fingerprint density at radius 1 is 1.50 bits per heavy atom. The molecule has 1 saturated carbocycles. The van der Waals surface area contributed by atoms with Gasteiger partial charge in [-0.25, -0.2) is 4.39 Å². The Kier molecular flexibility index (Phi) is 4.60. The predicted molar refractivity (Wildman–Crippen MR) is 73.2 cm³/mol. The van der Waals surface area contributed by atoms with Gasteiger partial charge in [0.05, 0.1) is 6.04 Å². The second kappa shape index (κ2) is 6.00. The molecular formula is C14H20ClFN2. The Bertz CT molecular complexity index is 387. The van der Waals surface area contributed by atoms with Crippen molar-refractivity contribution in [1.82, 2.24) is 4.90 Å². The van der Waals surface area contributed by atoms with Crippen molar-refractivity contribution in [3.8, 4) is 0 Å². The number of halogens is 2. The highest BCUT2D eigenvalue weighted by atomic mass is 35.5. The van der Waals surface area contributed by atoms with Gasteiger partial charge >= 0.3 is 0 Å². The van der Waals surface area contributed by atoms with Crippen LogP contribution in [0.4, 0.5) is 4.39 Å². The van der Waals surface area contributed by atoms with Gasteiger partial charge in [-0.15, -0.1) is 0 Å². The Balaban J connectivity index is 2.15. The molecule has 18 heavy (non-hydrogen) atoms. The highest BCUT2D eigenvalue weighted by molar-refractivity contribution is 6.31. The summed E-state index contributed by atoms with van der Waals surface area (Å²) in [6, 6.07) is 4.65. The molecule has 2 N–H and O–H groups in total. The van der Waals surface area contributed by atoms with Crippen molar-refractivity contribution in [2.45, 2.75) is 25.3 Å². The summed E-state index contributed by atoms with van der Waals surface area (Å²) in [4.78, 5) is 2.13. The van der Waals surface area contributed by atoms with Gasteiger partial charge in [0, 0.05) is 23.7 Å². The molecule has 0 aliphatic heterocycles. The standard InChI is InChI=1S/C14H20ClFN2/c1-18(9-10-4-2-5-10)13(8-17)14-11(15)6-3-7-12(14)16/h3,6-7,10,13H,2,4-5,8-9,17H2,1H3. The van der Waals surface area contributed by atoms with E-state index < -0.39 is 0 Å². The fourth-order valence-corrected chi connectivity index (χ4v) is 2.85. The maximum atomic E-state index is 13.9. The molecule has 1 fully saturated rings. The van der Waals surface area contributed by atoms with Crippen LogP contribution >= 0.6 is 11.6 Å². The van der Waals surface area contributed by atoms with Crippen molar-refractivity contribution >= 4 is 11.6 Å². The first-order chi connectivity index (χ1) is 8.63. The minimum atomic E-state index is -0.265. The number of rotatable bonds is 5. The molecule has 0 amide bonds. The van der Waals surface area contributed by atoms with Gasteiger partial charge in [-0.1, -0.05) is 24.1 Å². The van der Waals surface area contributed by atoms with Crippen molar-refractivity contribution < 1.29 is 4.39 Å². The van der Waals surface area contributed by atoms with E-state index in [2.05, 4.69) is 4.90 Å². The van der Waals surface area contributed by atoms with Crippen molar-refractivity contribution in [3.05, 3.63) is 34.6 Å². The summed E-state index contributed by atoms with van der Waals surface area (Å²) in [6.45, 7) is 1.34. The van der Waals surface area contributed by atoms with Crippen LogP contribution < -0.4 is 5.73 Å². The highest BCUT2D eigenvalue weighted by Crippen LogP contribution is 2.32. The third-order valence-corrected chi connectivity index (χ3v) is 4.19. The molecule has 0 saturated heterocycles. The van der Waals surface area contributed by atoms with Crippen molar-refractivity contribution in [1.29, 1.82) is 0 Å². The van der Waals surface area contributed by atoms with E-state index in [9.17, 15) is 4.39 Å². The largest absolute Gasteiger partial charge is 0.329 e. The SMILES string of the molecule is CN(CC1CCC1)C(CN)c1c(F)cccc1Cl. The summed E-state index contributed by atoms with van der Waals surface area (Å²) in [6.07, 6.45) is 3.85. The minimum absolute atomic E-state index is 0.140. The van der Waals surface area contributed by atoms with E-state index in [0.717, 1.165) is 12.5 Å². The minimum Gasteiger partial charge on any atom is -0.329 e. The Hall–Kier alpha value is -0.640. The van der Waals surface area contributed by atoms with E-state index >= 15 is 0 Å². The first-order valence-electron chi connectivity index (χ1n) is 6.47. The zero-order chi connectivity index (χ0) is 13.1. The quantitative estimate of drug-likeness (QED) is 0.890. The molecule has 1 aromatic rings. The van der Waals surface area contributed by atoms with Gasteiger partial charge in [-0.3, -0.25) is 4.90 Å². The monoisotopic (exact) mass is 270 g/mol. The molecular weight excluding hydrogens is 251 g/mol. The molecule has 0 spiro atoms. The Morgan fingerprint density at radius 3 is 2.72 bits per heavy atom. The van der Waals surface area contributed by atoms with Crippen LogP contribution in [0.15, 0.2) is 18.2 Å². The lowest BCUT2D eigenvalue weighted by molar-refractivity contribution is 0.163. The maximum absolute atomic E-state index is 13.9. The number of likely N-dealkylation sites (N-methyl/N-ethyl adjacent to an activating group) is 1. The van der Waals surface area contributed by atoms with E-state index in [4.69, 9.17) is 17.3 Å². The predicted octanol–water partition coefficient (Wildman–Crippen LogP) is 3.21. The van der Waals surface area contributed by atoms with Crippen LogP contribution in [0, 0.1) is 11.7 Å². The Morgan fingerprint density at radius 2 is 2.22 bits per heavy atom. The molecule has 0 heterocycles. The molecule has 0 bridgehead atoms. The molecule has 2 rings (SSSR count). The van der Waals surface area contributed by atoms with Crippen LogP contribution in [0.3, 0.4) is 0 Å². The van der Waals surface area contributed by atoms with Crippen LogP contribution in [0.25, 0.3) is 0 Å². The summed E-state index contributed by atoms with van der Waals surface area (Å²) in [5.74, 6) is 0.466. The van der Waals surface area contributed by atoms with Crippen LogP contribution in [0.1, 0.15) is 30.9 Å². The first kappa shape index (κ1) is 13.8. The molecule has 1 aromatic carbocycles. The second-order valence-electron chi connectivity index (χ2n) is 5.12. The van der Waals surface area contributed by atoms with Gasteiger partial charge in [-0.2, -0.15) is 0 Å². The number of nitrogens with zero attached hydrogens (tertiary/aromatic N) is 1. The molecule has 1 aliphatic carbocycles. The summed E-state index contributed by atoms with van der Waals surface area (Å²) >= 11 is 6.11. The third kappa shape index (κ3) is 2.85. The van der Waals surface area contributed by atoms with Crippen LogP contribution in [0.5, 0.6) is 0 Å². The zero-order valence-electron chi connectivity index (χ0n) is 10.7. The van der Waals surface area contributed by atoms with Gasteiger partial charge in [0.1, 0.15) is 5.82 Å². The van der Waals surface area contributed by atoms with Crippen LogP contribution in [-0.2, 0) is 0 Å². The van der Waals surface area contributed by atoms with Crippen LogP contribution in [0.2, 0.25) is 5.02 Å². The lowest BCUT2D eigenvalue weighted by Crippen LogP contribution is -2.36. The van der Waals surface area contributed by atoms with E-state index in [1.807, 2.05) is 7.05 Å². The average molecular weight is 271 g/mol. The fourth-order valence-electron chi connectivity index (χ4n) is 2.56. The normalized spacial score (nSPS) is 17.8. The van der Waals surface area contributed by atoms with E-state index in [1.54, 1.807) is 12.1 Å². The number of benzene rings is 1. The summed E-state index contributed by atoms with van der Waals surface area (Å²) in [5.41, 5.74) is 6.34. The molecule has 0 radical (unpaired) electrons. The second-order valence-corrected chi connectivity index (χ2v) is 5.53. The highest BCUT2D eigenvalue weighted by Gasteiger charge is 2.26. The first-order valence-corrected chi connectivity index (χ1v) is 6.85. The summed E-state index contributed by atoms with van der Waals surface area (Å²) in [5, 5.41) is 0.464. The lowest BCUT2D eigenvalue weighted by atomic mass is 9.84. The van der Waals surface area contributed by atoms with Gasteiger partial charge in [0.2, 0.25) is 0 Å². The maximum Gasteiger partial charge on any atom is 0.129 e. The molecule has 4 heteroatoms. The van der Waals surface area contributed by atoms with Crippen molar-refractivity contribution in [2.24, 2.45) is 11.7 Å². The van der Waals surface area contributed by atoms with E-state index in [1.165, 1.54) is 25.3 Å². The fraction of sp³-hybridized carbons (Fsp3) is 0.571. The van der Waals surface area contributed by atoms with Gasteiger partial charge in [0.25, 0.3) is 0 Å². The molecule has 1 aliphatic rings. The van der Waals surface area contributed by atoms with E-state index in [0.29, 0.717) is 17.1 Å². The topological polar surface area (TPSA) is 29.3 Å². The van der Waals surface area contributed by atoms with E-state index in [-0.39, 0.29) is 11.9 Å². The van der Waals surface area contributed by atoms with Crippen molar-refractivity contribution in [3.63, 3.8) is 0 Å². The summed E-state index contributed by atoms with van der Waals surface area (Å²) < 4.78 is 13.9. The molecule has 1 atom stereocenters. The smallest absolute Gasteiger partial charge is 0.129 e. The number of hydrogen-bond donors (Lipinski definition) is 1. The van der Waals surface area contributed by atoms with Gasteiger partial charge in [0.15, 0.2) is 0 Å². The van der Waals surface area contributed by atoms with Gasteiger partial charge < -0.3 is 5.73 Å². The zero-order valence-corrected chi connectivity index (χ0v) is 11.5. The third-order valence-electron chi connectivity index (χ3n) is 3.86. The molecule has 2 nitrogen and oxygen atoms in total. The molecule has 100 valence electrons. The number of hydrogen-bond acceptors (Lipinski definition) is 2. The Labute approximate surface area is 113 Å². The van der Waals surface area contributed by atoms with Crippen molar-refractivity contribution in [2.75, 3.05) is 20.1 Å². The summed E-state index contributed by atoms with van der Waals surface area (Å²) in [7, 11) is 2.00. The van der Waals surface area contributed by atoms with Crippen LogP contribution in [-0.4, -0.2) is 25.0 Å². The average Bonchev–Trinajstić information content (AvgIpc) is 2.28. The van der Waals surface area contributed by atoms with Gasteiger partial charge in [-0.05, 0) is 37.9 Å². The number of nitrogens with two attached hydrogens (primary N) is 1. The molecule has 1 unspecified atom stereocenters. The molecule has 0 aromatic heterocycles. The lowest BCUT2D eigenvalue weighted by Gasteiger charge is -2.35.